The normalized spacial score (nSPS) is 15.9. The maximum absolute atomic E-state index is 13.3. The number of benzene rings is 3. The molecule has 0 fully saturated rings. The molecule has 7 heteroatoms. The van der Waals surface area contributed by atoms with Gasteiger partial charge in [0.2, 0.25) is 5.82 Å². The van der Waals surface area contributed by atoms with Crippen LogP contribution in [0.3, 0.4) is 0 Å². The van der Waals surface area contributed by atoms with Crippen LogP contribution in [0.4, 0.5) is 4.79 Å². The fourth-order valence-corrected chi connectivity index (χ4v) is 4.58. The topological polar surface area (TPSA) is 71.3 Å². The smallest absolute Gasteiger partial charge is 0.322 e. The van der Waals surface area contributed by atoms with E-state index in [0.717, 1.165) is 39.1 Å². The molecule has 4 aromatic rings. The van der Waals surface area contributed by atoms with Crippen LogP contribution in [0.25, 0.3) is 17.0 Å². The summed E-state index contributed by atoms with van der Waals surface area (Å²) in [5.74, 6) is 0.856. The van der Waals surface area contributed by atoms with Crippen molar-refractivity contribution in [2.45, 2.75) is 33.4 Å². The summed E-state index contributed by atoms with van der Waals surface area (Å²) in [6, 6.07) is 22.7. The minimum Gasteiger partial charge on any atom is -0.334 e. The standard InChI is InChI=1S/C28H25ClN4O2/c1-17-8-6-12-21(14-17)26-31-27(35-32-26)24-19(3)33(16-22-10-5-4-9-18(22)2)28(34)30-25(24)20-11-7-13-23(29)15-20/h4-15,25H,16H2,1-3H3,(H,30,34). The van der Waals surface area contributed by atoms with Gasteiger partial charge in [-0.05, 0) is 55.7 Å². The fourth-order valence-electron chi connectivity index (χ4n) is 4.38. The molecule has 1 N–H and O–H groups in total. The molecule has 1 aromatic heterocycles. The molecule has 1 aliphatic heterocycles. The number of carbonyl (C=O) groups excluding carboxylic acids is 1. The summed E-state index contributed by atoms with van der Waals surface area (Å²) in [7, 11) is 0. The quantitative estimate of drug-likeness (QED) is 0.342. The first-order valence-electron chi connectivity index (χ1n) is 11.4. The molecule has 0 radical (unpaired) electrons. The van der Waals surface area contributed by atoms with Gasteiger partial charge in [-0.25, -0.2) is 4.79 Å². The second kappa shape index (κ2) is 9.39. The number of carbonyl (C=O) groups is 1. The summed E-state index contributed by atoms with van der Waals surface area (Å²) in [6.45, 7) is 6.40. The second-order valence-corrected chi connectivity index (χ2v) is 9.18. The summed E-state index contributed by atoms with van der Waals surface area (Å²) in [5.41, 5.74) is 6.49. The minimum absolute atomic E-state index is 0.196. The van der Waals surface area contributed by atoms with E-state index in [-0.39, 0.29) is 6.03 Å². The van der Waals surface area contributed by atoms with Crippen molar-refractivity contribution < 1.29 is 9.32 Å². The van der Waals surface area contributed by atoms with Gasteiger partial charge >= 0.3 is 6.03 Å². The molecule has 0 bridgehead atoms. The van der Waals surface area contributed by atoms with Crippen molar-refractivity contribution >= 4 is 23.2 Å². The van der Waals surface area contributed by atoms with E-state index in [4.69, 9.17) is 21.1 Å². The molecule has 1 unspecified atom stereocenters. The minimum atomic E-state index is -0.486. The van der Waals surface area contributed by atoms with Crippen molar-refractivity contribution in [2.75, 3.05) is 0 Å². The fraction of sp³-hybridized carbons (Fsp3) is 0.179. The summed E-state index contributed by atoms with van der Waals surface area (Å²) in [4.78, 5) is 19.8. The van der Waals surface area contributed by atoms with Gasteiger partial charge in [0.15, 0.2) is 0 Å². The van der Waals surface area contributed by atoms with Crippen molar-refractivity contribution in [1.82, 2.24) is 20.4 Å². The van der Waals surface area contributed by atoms with Crippen molar-refractivity contribution in [3.8, 4) is 11.4 Å². The number of nitrogens with zero attached hydrogens (tertiary/aromatic N) is 3. The molecule has 5 rings (SSSR count). The number of urea groups is 1. The highest BCUT2D eigenvalue weighted by Gasteiger charge is 2.36. The van der Waals surface area contributed by atoms with E-state index >= 15 is 0 Å². The Labute approximate surface area is 209 Å². The van der Waals surface area contributed by atoms with Crippen LogP contribution in [0.1, 0.15) is 41.1 Å². The highest BCUT2D eigenvalue weighted by molar-refractivity contribution is 6.30. The van der Waals surface area contributed by atoms with Crippen LogP contribution in [0, 0.1) is 13.8 Å². The molecule has 0 spiro atoms. The van der Waals surface area contributed by atoms with E-state index in [1.807, 2.05) is 87.5 Å². The lowest BCUT2D eigenvalue weighted by Gasteiger charge is -2.35. The molecule has 6 nitrogen and oxygen atoms in total. The average molecular weight is 485 g/mol. The van der Waals surface area contributed by atoms with Gasteiger partial charge in [-0.3, -0.25) is 4.90 Å². The first kappa shape index (κ1) is 22.9. The van der Waals surface area contributed by atoms with Gasteiger partial charge in [0, 0.05) is 16.3 Å². The number of hydrogen-bond acceptors (Lipinski definition) is 4. The van der Waals surface area contributed by atoms with E-state index in [1.165, 1.54) is 0 Å². The highest BCUT2D eigenvalue weighted by Crippen LogP contribution is 2.38. The number of aryl methyl sites for hydroxylation is 2. The maximum Gasteiger partial charge on any atom is 0.322 e. The third kappa shape index (κ3) is 4.57. The molecule has 35 heavy (non-hydrogen) atoms. The maximum atomic E-state index is 13.3. The number of nitrogens with one attached hydrogen (secondary N) is 1. The van der Waals surface area contributed by atoms with Crippen LogP contribution in [-0.2, 0) is 6.54 Å². The molecule has 1 atom stereocenters. The Morgan fingerprint density at radius 1 is 1.00 bits per heavy atom. The third-order valence-electron chi connectivity index (χ3n) is 6.30. The number of rotatable bonds is 5. The largest absolute Gasteiger partial charge is 0.334 e. The van der Waals surface area contributed by atoms with Crippen LogP contribution in [0.2, 0.25) is 5.02 Å². The molecule has 1 aliphatic rings. The molecule has 0 saturated carbocycles. The van der Waals surface area contributed by atoms with Crippen molar-refractivity contribution in [2.24, 2.45) is 0 Å². The molecular formula is C28H25ClN4O2. The number of allylic oxidation sites excluding steroid dienone is 1. The molecule has 0 saturated heterocycles. The first-order chi connectivity index (χ1) is 16.9. The zero-order valence-corrected chi connectivity index (χ0v) is 20.5. The Bertz CT molecular complexity index is 1440. The Hall–Kier alpha value is -3.90. The van der Waals surface area contributed by atoms with Crippen LogP contribution in [0.15, 0.2) is 83.0 Å². The van der Waals surface area contributed by atoms with Gasteiger partial charge < -0.3 is 9.84 Å². The summed E-state index contributed by atoms with van der Waals surface area (Å²) < 4.78 is 5.78. The number of aromatic nitrogens is 2. The predicted octanol–water partition coefficient (Wildman–Crippen LogP) is 6.70. The van der Waals surface area contributed by atoms with E-state index in [2.05, 4.69) is 10.5 Å². The number of amides is 2. The van der Waals surface area contributed by atoms with Crippen LogP contribution in [0.5, 0.6) is 0 Å². The van der Waals surface area contributed by atoms with Gasteiger partial charge in [0.1, 0.15) is 0 Å². The summed E-state index contributed by atoms with van der Waals surface area (Å²) in [5, 5.41) is 7.96. The third-order valence-corrected chi connectivity index (χ3v) is 6.54. The second-order valence-electron chi connectivity index (χ2n) is 8.74. The molecule has 0 aliphatic carbocycles. The van der Waals surface area contributed by atoms with Crippen molar-refractivity contribution in [1.29, 1.82) is 0 Å². The molecule has 3 aromatic carbocycles. The summed E-state index contributed by atoms with van der Waals surface area (Å²) in [6.07, 6.45) is 0. The van der Waals surface area contributed by atoms with Gasteiger partial charge in [0.25, 0.3) is 5.89 Å². The van der Waals surface area contributed by atoms with Crippen LogP contribution >= 0.6 is 11.6 Å². The summed E-state index contributed by atoms with van der Waals surface area (Å²) >= 11 is 6.29. The Balaban J connectivity index is 1.62. The monoisotopic (exact) mass is 484 g/mol. The SMILES string of the molecule is CC1=C(c2nc(-c3cccc(C)c3)no2)C(c2cccc(Cl)c2)NC(=O)N1Cc1ccccc1C. The predicted molar refractivity (Wildman–Crippen MR) is 137 cm³/mol. The zero-order valence-electron chi connectivity index (χ0n) is 19.7. The van der Waals surface area contributed by atoms with Crippen molar-refractivity contribution in [3.63, 3.8) is 0 Å². The van der Waals surface area contributed by atoms with E-state index in [1.54, 1.807) is 11.0 Å². The molecular weight excluding hydrogens is 460 g/mol. The van der Waals surface area contributed by atoms with Gasteiger partial charge in [-0.2, -0.15) is 4.98 Å². The molecule has 2 heterocycles. The van der Waals surface area contributed by atoms with E-state index in [0.29, 0.717) is 23.3 Å². The van der Waals surface area contributed by atoms with Gasteiger partial charge in [0.05, 0.1) is 18.2 Å². The van der Waals surface area contributed by atoms with Crippen LogP contribution < -0.4 is 5.32 Å². The van der Waals surface area contributed by atoms with Gasteiger partial charge in [-0.1, -0.05) is 76.9 Å². The first-order valence-corrected chi connectivity index (χ1v) is 11.8. The average Bonchev–Trinajstić information content (AvgIpc) is 3.32. The Kier molecular flexibility index (Phi) is 6.14. The van der Waals surface area contributed by atoms with Gasteiger partial charge in [-0.15, -0.1) is 0 Å². The van der Waals surface area contributed by atoms with Crippen molar-refractivity contribution in [3.05, 3.63) is 112 Å². The lowest BCUT2D eigenvalue weighted by Crippen LogP contribution is -2.45. The Morgan fingerprint density at radius 3 is 2.57 bits per heavy atom. The lowest BCUT2D eigenvalue weighted by molar-refractivity contribution is 0.203. The van der Waals surface area contributed by atoms with E-state index in [9.17, 15) is 4.79 Å². The highest BCUT2D eigenvalue weighted by atomic mass is 35.5. The lowest BCUT2D eigenvalue weighted by atomic mass is 9.94. The number of hydrogen-bond donors (Lipinski definition) is 1. The Morgan fingerprint density at radius 2 is 1.80 bits per heavy atom. The zero-order chi connectivity index (χ0) is 24.5. The number of halogens is 1. The van der Waals surface area contributed by atoms with Crippen LogP contribution in [-0.4, -0.2) is 21.1 Å². The van der Waals surface area contributed by atoms with E-state index < -0.39 is 6.04 Å². The molecule has 2 amide bonds. The molecule has 176 valence electrons.